The molecule has 0 aliphatic rings. The first-order valence-corrected chi connectivity index (χ1v) is 10.3. The monoisotopic (exact) mass is 447 g/mol. The summed E-state index contributed by atoms with van der Waals surface area (Å²) in [5, 5.41) is 16.3. The fourth-order valence-electron chi connectivity index (χ4n) is 2.42. The molecule has 5 atom stereocenters. The summed E-state index contributed by atoms with van der Waals surface area (Å²) in [6.45, 7) is 6.85. The minimum absolute atomic E-state index is 0.147. The van der Waals surface area contributed by atoms with E-state index in [9.17, 15) is 29.1 Å². The lowest BCUT2D eigenvalue weighted by molar-refractivity contribution is -0.143. The molecule has 4 amide bonds. The van der Waals surface area contributed by atoms with Gasteiger partial charge in [-0.25, -0.2) is 4.79 Å². The summed E-state index contributed by atoms with van der Waals surface area (Å²) in [6, 6.07) is -4.60. The molecule has 12 heteroatoms. The van der Waals surface area contributed by atoms with Crippen molar-refractivity contribution in [1.29, 1.82) is 0 Å². The number of aliphatic carboxylic acids is 1. The molecule has 8 N–H and O–H groups in total. The van der Waals surface area contributed by atoms with Crippen LogP contribution in [-0.2, 0) is 24.0 Å². The Morgan fingerprint density at radius 1 is 0.933 bits per heavy atom. The van der Waals surface area contributed by atoms with Gasteiger partial charge in [0.05, 0.1) is 12.5 Å². The van der Waals surface area contributed by atoms with E-state index in [-0.39, 0.29) is 11.7 Å². The summed E-state index contributed by atoms with van der Waals surface area (Å²) < 4.78 is 0. The molecule has 0 saturated carbocycles. The first-order chi connectivity index (χ1) is 13.8. The summed E-state index contributed by atoms with van der Waals surface area (Å²) in [7, 11) is 0. The number of carbonyl (C=O) groups excluding carboxylic acids is 4. The third-order valence-electron chi connectivity index (χ3n) is 4.64. The minimum Gasteiger partial charge on any atom is -0.480 e. The van der Waals surface area contributed by atoms with Crippen LogP contribution < -0.4 is 27.4 Å². The van der Waals surface area contributed by atoms with Gasteiger partial charge in [-0.3, -0.25) is 19.2 Å². The highest BCUT2D eigenvalue weighted by Crippen LogP contribution is 2.07. The fraction of sp³-hybridized carbons (Fsp3) is 0.722. The number of hydrogen-bond donors (Lipinski definition) is 7. The number of rotatable bonds is 13. The SMILES string of the molecule is CCC(C)C(N)C(=O)NC(CC(N)=O)C(=O)NC(CS)C(=O)NC(C(=O)O)C(C)C. The van der Waals surface area contributed by atoms with E-state index >= 15 is 0 Å². The van der Waals surface area contributed by atoms with Gasteiger partial charge in [-0.2, -0.15) is 12.6 Å². The van der Waals surface area contributed by atoms with E-state index in [1.165, 1.54) is 0 Å². The van der Waals surface area contributed by atoms with Crippen molar-refractivity contribution in [1.82, 2.24) is 16.0 Å². The molecule has 0 aromatic rings. The topological polar surface area (TPSA) is 194 Å². The highest BCUT2D eigenvalue weighted by molar-refractivity contribution is 7.80. The van der Waals surface area contributed by atoms with Crippen LogP contribution >= 0.6 is 12.6 Å². The fourth-order valence-corrected chi connectivity index (χ4v) is 2.68. The van der Waals surface area contributed by atoms with Gasteiger partial charge in [0.2, 0.25) is 23.6 Å². The van der Waals surface area contributed by atoms with Gasteiger partial charge in [-0.1, -0.05) is 34.1 Å². The van der Waals surface area contributed by atoms with E-state index in [2.05, 4.69) is 28.6 Å². The van der Waals surface area contributed by atoms with Crippen molar-refractivity contribution in [3.05, 3.63) is 0 Å². The molecule has 0 bridgehead atoms. The standard InChI is InChI=1S/C18H33N5O6S/c1-5-9(4)13(20)17(27)21-10(6-12(19)24)15(25)22-11(7-30)16(26)23-14(8(2)3)18(28)29/h8-11,13-14,30H,5-7,20H2,1-4H3,(H2,19,24)(H,21,27)(H,22,25)(H,23,26)(H,28,29). The van der Waals surface area contributed by atoms with E-state index in [4.69, 9.17) is 11.5 Å². The summed E-state index contributed by atoms with van der Waals surface area (Å²) in [6.07, 6.45) is 0.124. The van der Waals surface area contributed by atoms with E-state index < -0.39 is 66.1 Å². The summed E-state index contributed by atoms with van der Waals surface area (Å²) in [5.41, 5.74) is 11.0. The largest absolute Gasteiger partial charge is 0.480 e. The van der Waals surface area contributed by atoms with Crippen molar-refractivity contribution in [2.45, 2.75) is 64.7 Å². The highest BCUT2D eigenvalue weighted by Gasteiger charge is 2.31. The summed E-state index contributed by atoms with van der Waals surface area (Å²) in [5.74, 6) is -5.02. The van der Waals surface area contributed by atoms with Gasteiger partial charge in [0.25, 0.3) is 0 Å². The smallest absolute Gasteiger partial charge is 0.326 e. The molecule has 172 valence electrons. The number of carbonyl (C=O) groups is 5. The van der Waals surface area contributed by atoms with Crippen molar-refractivity contribution in [2.24, 2.45) is 23.3 Å². The maximum atomic E-state index is 12.6. The summed E-state index contributed by atoms with van der Waals surface area (Å²) >= 11 is 4.01. The molecule has 0 fully saturated rings. The third-order valence-corrected chi connectivity index (χ3v) is 5.01. The van der Waals surface area contributed by atoms with E-state index in [0.29, 0.717) is 6.42 Å². The zero-order valence-electron chi connectivity index (χ0n) is 17.7. The zero-order valence-corrected chi connectivity index (χ0v) is 18.6. The van der Waals surface area contributed by atoms with E-state index in [1.54, 1.807) is 20.8 Å². The number of primary amides is 1. The van der Waals surface area contributed by atoms with Crippen LogP contribution in [0.2, 0.25) is 0 Å². The van der Waals surface area contributed by atoms with Crippen molar-refractivity contribution in [3.8, 4) is 0 Å². The van der Waals surface area contributed by atoms with Gasteiger partial charge in [0.1, 0.15) is 18.1 Å². The molecular weight excluding hydrogens is 414 g/mol. The molecule has 0 aliphatic heterocycles. The average molecular weight is 448 g/mol. The van der Waals surface area contributed by atoms with Gasteiger partial charge < -0.3 is 32.5 Å². The first-order valence-electron chi connectivity index (χ1n) is 9.64. The quantitative estimate of drug-likeness (QED) is 0.164. The van der Waals surface area contributed by atoms with Crippen LogP contribution in [0.15, 0.2) is 0 Å². The van der Waals surface area contributed by atoms with Crippen LogP contribution in [0.5, 0.6) is 0 Å². The predicted octanol–water partition coefficient (Wildman–Crippen LogP) is -1.64. The number of carboxylic acids is 1. The number of nitrogens with two attached hydrogens (primary N) is 2. The molecule has 0 heterocycles. The van der Waals surface area contributed by atoms with Gasteiger partial charge in [-0.05, 0) is 11.8 Å². The van der Waals surface area contributed by atoms with Crippen LogP contribution in [0.25, 0.3) is 0 Å². The van der Waals surface area contributed by atoms with E-state index in [0.717, 1.165) is 0 Å². The Bertz CT molecular complexity index is 645. The molecular formula is C18H33N5O6S. The van der Waals surface area contributed by atoms with Crippen LogP contribution in [0.4, 0.5) is 0 Å². The van der Waals surface area contributed by atoms with Crippen LogP contribution in [0, 0.1) is 11.8 Å². The van der Waals surface area contributed by atoms with Crippen LogP contribution in [-0.4, -0.2) is 64.6 Å². The number of carboxylic acid groups (broad SMARTS) is 1. The van der Waals surface area contributed by atoms with Crippen molar-refractivity contribution < 1.29 is 29.1 Å². The minimum atomic E-state index is -1.35. The van der Waals surface area contributed by atoms with Gasteiger partial charge >= 0.3 is 5.97 Å². The third kappa shape index (κ3) is 8.99. The average Bonchev–Trinajstić information content (AvgIpc) is 2.66. The summed E-state index contributed by atoms with van der Waals surface area (Å²) in [4.78, 5) is 59.9. The zero-order chi connectivity index (χ0) is 23.6. The van der Waals surface area contributed by atoms with Crippen molar-refractivity contribution >= 4 is 42.2 Å². The maximum absolute atomic E-state index is 12.6. The van der Waals surface area contributed by atoms with Gasteiger partial charge in [-0.15, -0.1) is 0 Å². The lowest BCUT2D eigenvalue weighted by Gasteiger charge is -2.25. The Morgan fingerprint density at radius 2 is 1.43 bits per heavy atom. The molecule has 0 aromatic heterocycles. The Morgan fingerprint density at radius 3 is 1.83 bits per heavy atom. The van der Waals surface area contributed by atoms with Crippen molar-refractivity contribution in [3.63, 3.8) is 0 Å². The normalized spacial score (nSPS) is 16.0. The second kappa shape index (κ2) is 13.1. The molecule has 0 radical (unpaired) electrons. The first kappa shape index (κ1) is 27.7. The molecule has 0 aromatic carbocycles. The molecule has 0 rings (SSSR count). The van der Waals surface area contributed by atoms with Gasteiger partial charge in [0.15, 0.2) is 0 Å². The van der Waals surface area contributed by atoms with E-state index in [1.807, 2.05) is 6.92 Å². The Labute approximate surface area is 181 Å². The molecule has 0 aliphatic carbocycles. The lowest BCUT2D eigenvalue weighted by Crippen LogP contribution is -2.59. The molecule has 11 nitrogen and oxygen atoms in total. The number of thiol groups is 1. The Hall–Kier alpha value is -2.34. The van der Waals surface area contributed by atoms with Gasteiger partial charge in [0, 0.05) is 5.75 Å². The second-order valence-electron chi connectivity index (χ2n) is 7.46. The van der Waals surface area contributed by atoms with Crippen molar-refractivity contribution in [2.75, 3.05) is 5.75 Å². The molecule has 0 spiro atoms. The lowest BCUT2D eigenvalue weighted by atomic mass is 9.99. The van der Waals surface area contributed by atoms with Crippen LogP contribution in [0.3, 0.4) is 0 Å². The highest BCUT2D eigenvalue weighted by atomic mass is 32.1. The number of hydrogen-bond acceptors (Lipinski definition) is 7. The predicted molar refractivity (Wildman–Crippen MR) is 113 cm³/mol. The second-order valence-corrected chi connectivity index (χ2v) is 7.82. The maximum Gasteiger partial charge on any atom is 0.326 e. The Balaban J connectivity index is 5.30. The Kier molecular flexibility index (Phi) is 12.0. The number of nitrogens with one attached hydrogen (secondary N) is 3. The molecule has 30 heavy (non-hydrogen) atoms. The molecule has 5 unspecified atom stereocenters. The number of amides is 4. The molecule has 0 saturated heterocycles. The van der Waals surface area contributed by atoms with Crippen LogP contribution in [0.1, 0.15) is 40.5 Å².